The van der Waals surface area contributed by atoms with Gasteiger partial charge in [0.2, 0.25) is 5.91 Å². The van der Waals surface area contributed by atoms with Gasteiger partial charge in [0.25, 0.3) is 0 Å². The van der Waals surface area contributed by atoms with E-state index >= 15 is 0 Å². The zero-order valence-corrected chi connectivity index (χ0v) is 7.81. The summed E-state index contributed by atoms with van der Waals surface area (Å²) in [5, 5.41) is 2.90. The second-order valence-corrected chi connectivity index (χ2v) is 2.95. The van der Waals surface area contributed by atoms with Gasteiger partial charge in [-0.2, -0.15) is 0 Å². The highest BCUT2D eigenvalue weighted by molar-refractivity contribution is 5.78. The van der Waals surface area contributed by atoms with Gasteiger partial charge < -0.3 is 5.32 Å². The SMILES string of the molecule is CCCCNC(=O)[C@@H](C)CC. The first-order valence-corrected chi connectivity index (χ1v) is 4.50. The molecule has 2 nitrogen and oxygen atoms in total. The molecule has 1 N–H and O–H groups in total. The number of carbonyl (C=O) groups is 1. The van der Waals surface area contributed by atoms with Crippen molar-refractivity contribution < 1.29 is 4.79 Å². The molecule has 66 valence electrons. The number of rotatable bonds is 5. The largest absolute Gasteiger partial charge is 0.356 e. The third-order valence-electron chi connectivity index (χ3n) is 1.89. The molecule has 0 aromatic heterocycles. The van der Waals surface area contributed by atoms with Crippen LogP contribution in [0.25, 0.3) is 0 Å². The molecule has 1 atom stereocenters. The van der Waals surface area contributed by atoms with Gasteiger partial charge >= 0.3 is 0 Å². The highest BCUT2D eigenvalue weighted by Gasteiger charge is 2.07. The Morgan fingerprint density at radius 2 is 2.09 bits per heavy atom. The van der Waals surface area contributed by atoms with Gasteiger partial charge in [-0.25, -0.2) is 0 Å². The minimum Gasteiger partial charge on any atom is -0.356 e. The molecule has 0 spiro atoms. The minimum absolute atomic E-state index is 0.173. The highest BCUT2D eigenvalue weighted by Crippen LogP contribution is 1.99. The normalized spacial score (nSPS) is 12.6. The van der Waals surface area contributed by atoms with E-state index in [-0.39, 0.29) is 11.8 Å². The van der Waals surface area contributed by atoms with E-state index in [1.54, 1.807) is 0 Å². The third-order valence-corrected chi connectivity index (χ3v) is 1.89. The Bertz CT molecular complexity index is 112. The average Bonchev–Trinajstić information content (AvgIpc) is 2.03. The average molecular weight is 157 g/mol. The van der Waals surface area contributed by atoms with Crippen molar-refractivity contribution in [3.8, 4) is 0 Å². The molecule has 0 aromatic rings. The summed E-state index contributed by atoms with van der Waals surface area (Å²) in [4.78, 5) is 11.1. The van der Waals surface area contributed by atoms with Gasteiger partial charge in [0.15, 0.2) is 0 Å². The molecule has 11 heavy (non-hydrogen) atoms. The Hall–Kier alpha value is -0.530. The fraction of sp³-hybridized carbons (Fsp3) is 0.889. The lowest BCUT2D eigenvalue weighted by atomic mass is 10.1. The summed E-state index contributed by atoms with van der Waals surface area (Å²) in [7, 11) is 0. The van der Waals surface area contributed by atoms with E-state index in [0.717, 1.165) is 25.8 Å². The van der Waals surface area contributed by atoms with Gasteiger partial charge in [-0.05, 0) is 12.8 Å². The number of carbonyl (C=O) groups excluding carboxylic acids is 1. The van der Waals surface area contributed by atoms with Crippen LogP contribution in [0.2, 0.25) is 0 Å². The van der Waals surface area contributed by atoms with Crippen molar-refractivity contribution >= 4 is 5.91 Å². The summed E-state index contributed by atoms with van der Waals surface area (Å²) >= 11 is 0. The summed E-state index contributed by atoms with van der Waals surface area (Å²) in [6, 6.07) is 0. The first-order chi connectivity index (χ1) is 5.22. The van der Waals surface area contributed by atoms with Crippen LogP contribution in [0.15, 0.2) is 0 Å². The molecule has 0 unspecified atom stereocenters. The van der Waals surface area contributed by atoms with E-state index in [4.69, 9.17) is 0 Å². The summed E-state index contributed by atoms with van der Waals surface area (Å²) < 4.78 is 0. The van der Waals surface area contributed by atoms with Crippen LogP contribution in [0.5, 0.6) is 0 Å². The first kappa shape index (κ1) is 10.5. The van der Waals surface area contributed by atoms with Crippen LogP contribution in [-0.2, 0) is 4.79 Å². The fourth-order valence-electron chi connectivity index (χ4n) is 0.748. The molecular formula is C9H19NO. The molecule has 0 aliphatic rings. The molecule has 0 saturated heterocycles. The molecule has 0 aliphatic heterocycles. The van der Waals surface area contributed by atoms with Crippen molar-refractivity contribution in [1.82, 2.24) is 5.32 Å². The lowest BCUT2D eigenvalue weighted by molar-refractivity contribution is -0.124. The Kier molecular flexibility index (Phi) is 5.90. The summed E-state index contributed by atoms with van der Waals surface area (Å²) in [5.41, 5.74) is 0. The Morgan fingerprint density at radius 3 is 2.55 bits per heavy atom. The minimum atomic E-state index is 0.173. The van der Waals surface area contributed by atoms with Crippen molar-refractivity contribution in [2.75, 3.05) is 6.54 Å². The molecule has 2 heteroatoms. The van der Waals surface area contributed by atoms with Crippen LogP contribution >= 0.6 is 0 Å². The Morgan fingerprint density at radius 1 is 1.45 bits per heavy atom. The number of nitrogens with one attached hydrogen (secondary N) is 1. The maximum atomic E-state index is 11.1. The topological polar surface area (TPSA) is 29.1 Å². The Balaban J connectivity index is 3.36. The fourth-order valence-corrected chi connectivity index (χ4v) is 0.748. The number of hydrogen-bond acceptors (Lipinski definition) is 1. The summed E-state index contributed by atoms with van der Waals surface area (Å²) in [6.45, 7) is 6.94. The van der Waals surface area contributed by atoms with Crippen LogP contribution in [0, 0.1) is 5.92 Å². The number of hydrogen-bond donors (Lipinski definition) is 1. The molecule has 1 amide bonds. The molecule has 0 saturated carbocycles. The Labute approximate surface area is 69.4 Å². The molecule has 0 heterocycles. The zero-order chi connectivity index (χ0) is 8.69. The van der Waals surface area contributed by atoms with Crippen LogP contribution in [0.4, 0.5) is 0 Å². The van der Waals surface area contributed by atoms with Crippen molar-refractivity contribution in [3.05, 3.63) is 0 Å². The van der Waals surface area contributed by atoms with E-state index in [9.17, 15) is 4.79 Å². The van der Waals surface area contributed by atoms with Crippen molar-refractivity contribution in [3.63, 3.8) is 0 Å². The highest BCUT2D eigenvalue weighted by atomic mass is 16.1. The van der Waals surface area contributed by atoms with E-state index in [0.29, 0.717) is 0 Å². The van der Waals surface area contributed by atoms with Gasteiger partial charge in [0.05, 0.1) is 0 Å². The predicted molar refractivity (Wildman–Crippen MR) is 47.4 cm³/mol. The zero-order valence-electron chi connectivity index (χ0n) is 7.81. The number of unbranched alkanes of at least 4 members (excludes halogenated alkanes) is 1. The second kappa shape index (κ2) is 6.20. The lowest BCUT2D eigenvalue weighted by Crippen LogP contribution is -2.29. The lowest BCUT2D eigenvalue weighted by Gasteiger charge is -2.08. The van der Waals surface area contributed by atoms with Crippen LogP contribution in [0.3, 0.4) is 0 Å². The van der Waals surface area contributed by atoms with Gasteiger partial charge in [0.1, 0.15) is 0 Å². The maximum Gasteiger partial charge on any atom is 0.222 e. The molecule has 0 aromatic carbocycles. The molecule has 0 bridgehead atoms. The first-order valence-electron chi connectivity index (χ1n) is 4.50. The second-order valence-electron chi connectivity index (χ2n) is 2.95. The third kappa shape index (κ3) is 4.82. The quantitative estimate of drug-likeness (QED) is 0.607. The van der Waals surface area contributed by atoms with Crippen molar-refractivity contribution in [2.24, 2.45) is 5.92 Å². The van der Waals surface area contributed by atoms with Crippen LogP contribution < -0.4 is 5.32 Å². The number of amides is 1. The standard InChI is InChI=1S/C9H19NO/c1-4-6-7-10-9(11)8(3)5-2/h8H,4-7H2,1-3H3,(H,10,11)/t8-/m0/s1. The van der Waals surface area contributed by atoms with Crippen LogP contribution in [0.1, 0.15) is 40.0 Å². The van der Waals surface area contributed by atoms with Gasteiger partial charge in [-0.3, -0.25) is 4.79 Å². The summed E-state index contributed by atoms with van der Waals surface area (Å²) in [6.07, 6.45) is 3.15. The molecular weight excluding hydrogens is 138 g/mol. The van der Waals surface area contributed by atoms with Crippen LogP contribution in [-0.4, -0.2) is 12.5 Å². The molecule has 0 aliphatic carbocycles. The van der Waals surface area contributed by atoms with Gasteiger partial charge in [-0.15, -0.1) is 0 Å². The van der Waals surface area contributed by atoms with E-state index in [1.165, 1.54) is 0 Å². The molecule has 0 radical (unpaired) electrons. The van der Waals surface area contributed by atoms with E-state index in [1.807, 2.05) is 13.8 Å². The van der Waals surface area contributed by atoms with Crippen molar-refractivity contribution in [2.45, 2.75) is 40.0 Å². The van der Waals surface area contributed by atoms with E-state index in [2.05, 4.69) is 12.2 Å². The monoisotopic (exact) mass is 157 g/mol. The van der Waals surface area contributed by atoms with Crippen molar-refractivity contribution in [1.29, 1.82) is 0 Å². The molecule has 0 rings (SSSR count). The smallest absolute Gasteiger partial charge is 0.222 e. The van der Waals surface area contributed by atoms with Gasteiger partial charge in [-0.1, -0.05) is 27.2 Å². The van der Waals surface area contributed by atoms with E-state index < -0.39 is 0 Å². The molecule has 0 fully saturated rings. The summed E-state index contributed by atoms with van der Waals surface area (Å²) in [5.74, 6) is 0.368. The van der Waals surface area contributed by atoms with Gasteiger partial charge in [0, 0.05) is 12.5 Å². The predicted octanol–water partition coefficient (Wildman–Crippen LogP) is 1.95. The maximum absolute atomic E-state index is 11.1.